The van der Waals surface area contributed by atoms with Crippen LogP contribution >= 0.6 is 0 Å². The number of piperidine rings is 1. The minimum absolute atomic E-state index is 0.0274. The maximum Gasteiger partial charge on any atom is 0.257 e. The van der Waals surface area contributed by atoms with Gasteiger partial charge in [0.2, 0.25) is 0 Å². The van der Waals surface area contributed by atoms with E-state index in [0.29, 0.717) is 56.2 Å². The fourth-order valence-electron chi connectivity index (χ4n) is 3.33. The number of methoxy groups -OCH3 is 2. The van der Waals surface area contributed by atoms with E-state index in [9.17, 15) is 4.79 Å². The highest BCUT2D eigenvalue weighted by atomic mass is 16.7. The van der Waals surface area contributed by atoms with E-state index in [1.165, 1.54) is 0 Å². The Kier molecular flexibility index (Phi) is 4.46. The van der Waals surface area contributed by atoms with Crippen LogP contribution in [0.4, 0.5) is 0 Å². The molecule has 2 saturated heterocycles. The van der Waals surface area contributed by atoms with E-state index in [0.717, 1.165) is 5.56 Å². The van der Waals surface area contributed by atoms with Gasteiger partial charge in [-0.25, -0.2) is 0 Å². The van der Waals surface area contributed by atoms with Gasteiger partial charge in [-0.05, 0) is 19.1 Å². The number of hydrogen-bond acceptors (Lipinski definition) is 5. The van der Waals surface area contributed by atoms with Gasteiger partial charge in [-0.3, -0.25) is 4.79 Å². The van der Waals surface area contributed by atoms with Crippen LogP contribution in [0.25, 0.3) is 0 Å². The molecule has 0 saturated carbocycles. The molecule has 23 heavy (non-hydrogen) atoms. The predicted molar refractivity (Wildman–Crippen MR) is 84.1 cm³/mol. The molecule has 1 aromatic rings. The summed E-state index contributed by atoms with van der Waals surface area (Å²) < 4.78 is 22.2. The Labute approximate surface area is 136 Å². The molecule has 1 spiro atoms. The summed E-state index contributed by atoms with van der Waals surface area (Å²) in [6.07, 6.45) is 1.41. The zero-order valence-electron chi connectivity index (χ0n) is 13.9. The first kappa shape index (κ1) is 16.1. The van der Waals surface area contributed by atoms with E-state index in [-0.39, 0.29) is 5.91 Å². The van der Waals surface area contributed by atoms with Crippen molar-refractivity contribution in [3.05, 3.63) is 23.3 Å². The lowest BCUT2D eigenvalue weighted by Crippen LogP contribution is -2.47. The van der Waals surface area contributed by atoms with Gasteiger partial charge in [-0.1, -0.05) is 0 Å². The summed E-state index contributed by atoms with van der Waals surface area (Å²) in [5.41, 5.74) is 1.40. The number of ether oxygens (including phenoxy) is 4. The molecule has 0 radical (unpaired) electrons. The molecule has 0 bridgehead atoms. The van der Waals surface area contributed by atoms with Crippen LogP contribution in [0, 0.1) is 6.92 Å². The molecule has 2 heterocycles. The van der Waals surface area contributed by atoms with Gasteiger partial charge in [0.15, 0.2) is 5.79 Å². The van der Waals surface area contributed by atoms with Crippen LogP contribution in [-0.2, 0) is 9.47 Å². The maximum atomic E-state index is 12.9. The number of hydrogen-bond donors (Lipinski definition) is 0. The molecule has 0 aromatic heterocycles. The summed E-state index contributed by atoms with van der Waals surface area (Å²) >= 11 is 0. The van der Waals surface area contributed by atoms with Crippen molar-refractivity contribution in [1.29, 1.82) is 0 Å². The van der Waals surface area contributed by atoms with Crippen molar-refractivity contribution >= 4 is 5.91 Å². The highest BCUT2D eigenvalue weighted by Gasteiger charge is 2.41. The minimum atomic E-state index is -0.476. The van der Waals surface area contributed by atoms with E-state index in [2.05, 4.69) is 0 Å². The van der Waals surface area contributed by atoms with E-state index in [1.54, 1.807) is 26.4 Å². The van der Waals surface area contributed by atoms with Gasteiger partial charge in [0.1, 0.15) is 11.5 Å². The average molecular weight is 321 g/mol. The molecule has 6 heteroatoms. The first-order chi connectivity index (χ1) is 11.1. The smallest absolute Gasteiger partial charge is 0.257 e. The van der Waals surface area contributed by atoms with Gasteiger partial charge in [-0.15, -0.1) is 0 Å². The number of rotatable bonds is 3. The Balaban J connectivity index is 1.77. The molecule has 3 rings (SSSR count). The molecule has 2 aliphatic heterocycles. The molecule has 0 unspecified atom stereocenters. The highest BCUT2D eigenvalue weighted by Crippen LogP contribution is 2.35. The molecule has 1 aromatic carbocycles. The van der Waals surface area contributed by atoms with Crippen LogP contribution in [-0.4, -0.2) is 57.1 Å². The Morgan fingerprint density at radius 1 is 1.13 bits per heavy atom. The van der Waals surface area contributed by atoms with Crippen molar-refractivity contribution < 1.29 is 23.7 Å². The van der Waals surface area contributed by atoms with Crippen molar-refractivity contribution in [1.82, 2.24) is 4.90 Å². The van der Waals surface area contributed by atoms with Crippen LogP contribution in [0.2, 0.25) is 0 Å². The van der Waals surface area contributed by atoms with Crippen molar-refractivity contribution in [3.63, 3.8) is 0 Å². The minimum Gasteiger partial charge on any atom is -0.496 e. The first-order valence-corrected chi connectivity index (χ1v) is 7.89. The van der Waals surface area contributed by atoms with E-state index in [4.69, 9.17) is 18.9 Å². The fourth-order valence-corrected chi connectivity index (χ4v) is 3.33. The van der Waals surface area contributed by atoms with Crippen LogP contribution in [0.3, 0.4) is 0 Å². The number of amides is 1. The van der Waals surface area contributed by atoms with Crippen LogP contribution < -0.4 is 9.47 Å². The molecule has 6 nitrogen and oxygen atoms in total. The monoisotopic (exact) mass is 321 g/mol. The van der Waals surface area contributed by atoms with Crippen molar-refractivity contribution in [3.8, 4) is 11.5 Å². The van der Waals surface area contributed by atoms with Crippen molar-refractivity contribution in [2.75, 3.05) is 40.5 Å². The maximum absolute atomic E-state index is 12.9. The Hall–Kier alpha value is -1.79. The number of carbonyl (C=O) groups excluding carboxylic acids is 1. The predicted octanol–water partition coefficient (Wildman–Crippen LogP) is 1.99. The number of likely N-dealkylation sites (tertiary alicyclic amines) is 1. The van der Waals surface area contributed by atoms with Gasteiger partial charge in [-0.2, -0.15) is 0 Å². The van der Waals surface area contributed by atoms with E-state index >= 15 is 0 Å². The summed E-state index contributed by atoms with van der Waals surface area (Å²) in [6, 6.07) is 3.57. The highest BCUT2D eigenvalue weighted by molar-refractivity contribution is 5.97. The van der Waals surface area contributed by atoms with Gasteiger partial charge >= 0.3 is 0 Å². The molecular formula is C17H23NO5. The summed E-state index contributed by atoms with van der Waals surface area (Å²) in [5, 5.41) is 0. The van der Waals surface area contributed by atoms with Gasteiger partial charge in [0, 0.05) is 31.5 Å². The zero-order valence-corrected chi connectivity index (χ0v) is 13.9. The van der Waals surface area contributed by atoms with Crippen molar-refractivity contribution in [2.24, 2.45) is 0 Å². The summed E-state index contributed by atoms with van der Waals surface area (Å²) in [4.78, 5) is 14.7. The SMILES string of the molecule is COc1ccc(C(=O)N2CCC3(CC2)OCCO3)c(OC)c1C. The number of benzene rings is 1. The molecule has 0 atom stereocenters. The van der Waals surface area contributed by atoms with Gasteiger partial charge in [0.25, 0.3) is 5.91 Å². The average Bonchev–Trinajstić information content (AvgIpc) is 3.02. The standard InChI is InChI=1S/C17H23NO5/c1-12-14(20-2)5-4-13(15(12)21-3)16(19)18-8-6-17(7-9-18)22-10-11-23-17/h4-5H,6-11H2,1-3H3. The molecule has 1 amide bonds. The molecule has 2 fully saturated rings. The third kappa shape index (κ3) is 2.88. The third-order valence-electron chi connectivity index (χ3n) is 4.64. The van der Waals surface area contributed by atoms with E-state index in [1.807, 2.05) is 11.8 Å². The van der Waals surface area contributed by atoms with Gasteiger partial charge < -0.3 is 23.8 Å². The molecular weight excluding hydrogens is 298 g/mol. The quantitative estimate of drug-likeness (QED) is 0.852. The van der Waals surface area contributed by atoms with Crippen LogP contribution in [0.5, 0.6) is 11.5 Å². The third-order valence-corrected chi connectivity index (χ3v) is 4.64. The van der Waals surface area contributed by atoms with Crippen molar-refractivity contribution in [2.45, 2.75) is 25.6 Å². The molecule has 0 N–H and O–H groups in total. The molecule has 126 valence electrons. The largest absolute Gasteiger partial charge is 0.496 e. The normalized spacial score (nSPS) is 19.9. The van der Waals surface area contributed by atoms with E-state index < -0.39 is 5.79 Å². The fraction of sp³-hybridized carbons (Fsp3) is 0.588. The van der Waals surface area contributed by atoms with Gasteiger partial charge in [0.05, 0.1) is 33.0 Å². The Bertz CT molecular complexity index is 585. The zero-order chi connectivity index (χ0) is 16.4. The lowest BCUT2D eigenvalue weighted by Gasteiger charge is -2.37. The van der Waals surface area contributed by atoms with Crippen LogP contribution in [0.1, 0.15) is 28.8 Å². The Morgan fingerprint density at radius 3 is 2.35 bits per heavy atom. The second-order valence-corrected chi connectivity index (χ2v) is 5.87. The lowest BCUT2D eigenvalue weighted by molar-refractivity contribution is -0.181. The summed E-state index contributed by atoms with van der Waals surface area (Å²) in [6.45, 7) is 4.40. The van der Waals surface area contributed by atoms with Crippen LogP contribution in [0.15, 0.2) is 12.1 Å². The summed E-state index contributed by atoms with van der Waals surface area (Å²) in [7, 11) is 3.18. The second kappa shape index (κ2) is 6.37. The number of carbonyl (C=O) groups is 1. The molecule has 2 aliphatic rings. The number of nitrogens with zero attached hydrogens (tertiary/aromatic N) is 1. The topological polar surface area (TPSA) is 57.2 Å². The molecule has 0 aliphatic carbocycles. The lowest BCUT2D eigenvalue weighted by atomic mass is 10.0. The Morgan fingerprint density at radius 2 is 1.78 bits per heavy atom. The first-order valence-electron chi connectivity index (χ1n) is 7.89. The second-order valence-electron chi connectivity index (χ2n) is 5.87. The summed E-state index contributed by atoms with van der Waals surface area (Å²) in [5.74, 6) is 0.781.